The van der Waals surface area contributed by atoms with Crippen LogP contribution in [0.1, 0.15) is 79.1 Å². The number of nitrogens with zero attached hydrogens (tertiary/aromatic N) is 10. The zero-order valence-electron chi connectivity index (χ0n) is 42.4. The van der Waals surface area contributed by atoms with Crippen molar-refractivity contribution in [3.8, 4) is 0 Å². The third-order valence-electron chi connectivity index (χ3n) is 7.71. The van der Waals surface area contributed by atoms with Crippen LogP contribution in [0.3, 0.4) is 0 Å². The number of ketones is 1. The fraction of sp³-hybridized carbons (Fsp3) is 0.250. The van der Waals surface area contributed by atoms with Gasteiger partial charge in [-0.15, -0.1) is 0 Å². The molecule has 0 fully saturated rings. The summed E-state index contributed by atoms with van der Waals surface area (Å²) in [6.07, 6.45) is -12.0. The smallest absolute Gasteiger partial charge is 0.469 e. The summed E-state index contributed by atoms with van der Waals surface area (Å²) in [5.74, 6) is 2.79. The van der Waals surface area contributed by atoms with E-state index in [1.54, 1.807) is 0 Å². The molecule has 86 heavy (non-hydrogen) atoms. The molecule has 0 saturated heterocycles. The number of carbonyl (C=O) groups excluding carboxylic acids is 2. The summed E-state index contributed by atoms with van der Waals surface area (Å²) in [6, 6.07) is 0.769. The van der Waals surface area contributed by atoms with Crippen molar-refractivity contribution in [2.24, 2.45) is 11.6 Å². The molecule has 6 aromatic rings. The van der Waals surface area contributed by atoms with Gasteiger partial charge in [0, 0.05) is 74.7 Å². The van der Waals surface area contributed by atoms with Crippen LogP contribution in [-0.2, 0) is 14.3 Å². The largest absolute Gasteiger partial charge is 0.492 e. The molecular weight excluding hydrogens is 1480 g/mol. The minimum absolute atomic E-state index is 0.00435. The van der Waals surface area contributed by atoms with Gasteiger partial charge in [-0.3, -0.25) is 24.6 Å². The molecule has 0 atom stereocenters. The van der Waals surface area contributed by atoms with Crippen molar-refractivity contribution >= 4 is 163 Å². The summed E-state index contributed by atoms with van der Waals surface area (Å²) in [5.41, 5.74) is 2.30. The number of methoxy groups -OCH3 is 1. The van der Waals surface area contributed by atoms with Crippen LogP contribution in [0.15, 0.2) is 83.9 Å². The van der Waals surface area contributed by atoms with E-state index in [-0.39, 0.29) is 57.8 Å². The van der Waals surface area contributed by atoms with Gasteiger partial charge in [0.05, 0.1) is 39.5 Å². The zero-order chi connectivity index (χ0) is 67.0. The average Bonchev–Trinajstić information content (AvgIpc) is 3.68. The summed E-state index contributed by atoms with van der Waals surface area (Å²) < 4.78 is 171. The molecular formula is C36H32B8Br4ClF14N16O7. The number of nitrogens with two attached hydrogens (primary N) is 2. The topological polar surface area (TPSA) is 366 Å². The number of alkyl halides is 14. The summed E-state index contributed by atoms with van der Waals surface area (Å²) in [6.45, 7) is 0. The highest BCUT2D eigenvalue weighted by atomic mass is 79.9. The van der Waals surface area contributed by atoms with Crippen molar-refractivity contribution in [1.82, 2.24) is 59.8 Å². The second-order valence-electron chi connectivity index (χ2n) is 13.5. The first-order valence-corrected chi connectivity index (χ1v) is 24.8. The quantitative estimate of drug-likeness (QED) is 0.00867. The summed E-state index contributed by atoms with van der Waals surface area (Å²) in [5, 5.41) is 23.0. The van der Waals surface area contributed by atoms with Gasteiger partial charge in [0.25, 0.3) is 56.1 Å². The van der Waals surface area contributed by atoms with E-state index in [4.69, 9.17) is 63.8 Å². The van der Waals surface area contributed by atoms with Gasteiger partial charge >= 0.3 is 13.1 Å². The molecule has 0 unspecified atom stereocenters. The second kappa shape index (κ2) is 47.2. The van der Waals surface area contributed by atoms with E-state index in [1.165, 1.54) is 13.3 Å². The number of nitrogen functional groups attached to an aromatic ring is 1. The fourth-order valence-corrected chi connectivity index (χ4v) is 5.63. The molecule has 6 heterocycles. The third kappa shape index (κ3) is 35.7. The summed E-state index contributed by atoms with van der Waals surface area (Å²) in [4.78, 5) is 79.4. The molecule has 0 spiro atoms. The number of hydrogen-bond donors (Lipinski definition) is 8. The van der Waals surface area contributed by atoms with Gasteiger partial charge in [-0.1, -0.05) is 11.6 Å². The van der Waals surface area contributed by atoms with Crippen molar-refractivity contribution in [2.75, 3.05) is 12.5 Å². The van der Waals surface area contributed by atoms with E-state index in [1.807, 2.05) is 0 Å². The van der Waals surface area contributed by atoms with Crippen molar-refractivity contribution in [3.05, 3.63) is 134 Å². The third-order valence-corrected chi connectivity index (χ3v) is 11.2. The lowest BCUT2D eigenvalue weighted by molar-refractivity contribution is -0.146. The number of H-pyrrole nitrogens is 2. The number of aromatic amines is 2. The molecule has 455 valence electrons. The lowest BCUT2D eigenvalue weighted by Gasteiger charge is -2.05. The molecule has 0 aliphatic rings. The number of esters is 1. The first-order chi connectivity index (χ1) is 40.1. The van der Waals surface area contributed by atoms with Crippen molar-refractivity contribution in [2.45, 2.75) is 51.4 Å². The van der Waals surface area contributed by atoms with Gasteiger partial charge in [0.2, 0.25) is 5.78 Å². The molecule has 10 N–H and O–H groups in total. The number of nitrogens with one attached hydrogen (secondary N) is 4. The van der Waals surface area contributed by atoms with Crippen LogP contribution >= 0.6 is 75.3 Å². The molecule has 0 aromatic carbocycles. The first kappa shape index (κ1) is 84.3. The Kier molecular flexibility index (Phi) is 46.3. The molecule has 0 aliphatic carbocycles. The highest BCUT2D eigenvalue weighted by molar-refractivity contribution is 9.11. The number of hydrazine groups is 1. The van der Waals surface area contributed by atoms with E-state index in [0.29, 0.717) is 0 Å². The van der Waals surface area contributed by atoms with Crippen molar-refractivity contribution in [1.29, 1.82) is 5.41 Å². The van der Waals surface area contributed by atoms with Gasteiger partial charge in [-0.05, 0) is 63.7 Å². The van der Waals surface area contributed by atoms with Crippen molar-refractivity contribution in [3.63, 3.8) is 0 Å². The van der Waals surface area contributed by atoms with Crippen LogP contribution in [0, 0.1) is 5.41 Å². The minimum atomic E-state index is -3.08. The lowest BCUT2D eigenvalue weighted by Crippen LogP contribution is -2.43. The number of Topliss-reactive ketones (excluding diaryl/α,β-unsaturated/α-hetero) is 1. The number of ether oxygens (including phenoxy) is 1. The van der Waals surface area contributed by atoms with Crippen LogP contribution in [0.2, 0.25) is 5.15 Å². The normalized spacial score (nSPS) is 9.88. The Morgan fingerprint density at radius 3 is 1.51 bits per heavy atom. The molecule has 0 saturated carbocycles. The number of carbonyl (C=O) groups is 2. The van der Waals surface area contributed by atoms with E-state index >= 15 is 0 Å². The van der Waals surface area contributed by atoms with Gasteiger partial charge < -0.3 is 35.9 Å². The summed E-state index contributed by atoms with van der Waals surface area (Å²) >= 11 is 16.8. The monoisotopic (exact) mass is 1500 g/mol. The van der Waals surface area contributed by atoms with Crippen LogP contribution in [0.4, 0.5) is 67.3 Å². The second-order valence-corrected chi connectivity index (χ2v) is 17.1. The van der Waals surface area contributed by atoms with Gasteiger partial charge in [-0.2, -0.15) is 0 Å². The fourth-order valence-electron chi connectivity index (χ4n) is 3.83. The van der Waals surface area contributed by atoms with Crippen molar-refractivity contribution < 1.29 is 85.8 Å². The van der Waals surface area contributed by atoms with Crippen LogP contribution < -0.4 is 33.6 Å². The molecule has 0 amide bonds. The lowest BCUT2D eigenvalue weighted by atomic mass is 8.76. The molecule has 23 nitrogen and oxygen atoms in total. The highest BCUT2D eigenvalue weighted by Crippen LogP contribution is 2.30. The maximum absolute atomic E-state index is 12.2. The summed E-state index contributed by atoms with van der Waals surface area (Å²) in [7, 11) is 20.7. The Labute approximate surface area is 520 Å². The maximum atomic E-state index is 12.2. The Balaban J connectivity index is -0.000000912. The number of hydrogen-bond acceptors (Lipinski definition) is 20. The van der Waals surface area contributed by atoms with Crippen LogP contribution in [-0.4, -0.2) is 159 Å². The molecule has 0 bridgehead atoms. The SMILES string of the molecule is COC(=O)CC(=O)C(F)F.FC(F)c1ncnc(Cl)c1Br.FC(F)c1ncncc1Br.N=CN.NNc1ncnc(C(F)F)c1Br.O=c1[nH]cnc(C(F)F)c1Br.O=c1cc(C(F)F)nc[nH]1.OB(O)c1cncnc1C(F)F.[B][B]B([B])B([B])[B]. The number of aromatic nitrogens is 12. The predicted molar refractivity (Wildman–Crippen MR) is 302 cm³/mol. The number of rotatable bonds is 13. The number of halogens is 19. The first-order valence-electron chi connectivity index (χ1n) is 21.2. The highest BCUT2D eigenvalue weighted by Gasteiger charge is 2.23. The van der Waals surface area contributed by atoms with E-state index in [0.717, 1.165) is 63.7 Å². The van der Waals surface area contributed by atoms with Gasteiger partial charge in [-0.25, -0.2) is 117 Å². The van der Waals surface area contributed by atoms with E-state index in [2.05, 4.69) is 139 Å². The zero-order valence-corrected chi connectivity index (χ0v) is 49.5. The van der Waals surface area contributed by atoms with Gasteiger partial charge in [0.1, 0.15) is 75.5 Å². The average molecular weight is 1510 g/mol. The van der Waals surface area contributed by atoms with E-state index < -0.39 is 105 Å². The standard InChI is InChI=1S/C5H5BF2N2O2.C5H2BrClF2N2.C5H5BrF2N4.C5H3BrF2N2O.C5H3BrF2N2.C5H4F2N2O.C5H6F2O3.CH4N2.B7/c7-5(8)4-3(6(11)12)1-9-2-10-4;6-2-3(5(8)9)10-1-11-4(2)7;6-2-3(4(7)8)10-1-11-5(2)12-9;6-2-3(4(7)8)9-1-10-5(2)11;6-3-1-9-2-10-4(3)5(7)8;6-5(7)3-1-4(10)9-2-8-3;1-10-4(9)2-3(8)5(6)7;2-1-3;1-5-7(4)6(2)3/h1-2,5,11-12H;1,5H;1,4H,9H2,(H,10,11,12);1,4H,(H,9,10,11);1-2,5H;1-2,5H,(H,8,9,10);5H,2H2,1H3;1H,(H3,2,3);. The van der Waals surface area contributed by atoms with Crippen LogP contribution in [0.25, 0.3) is 0 Å². The molecule has 50 heteroatoms. The molecule has 6 aromatic heterocycles. The maximum Gasteiger partial charge on any atom is 0.492 e. The predicted octanol–water partition coefficient (Wildman–Crippen LogP) is 5.01. The Morgan fingerprint density at radius 1 is 0.709 bits per heavy atom. The van der Waals surface area contributed by atoms with Crippen LogP contribution in [0.5, 0.6) is 0 Å². The molecule has 6 rings (SSSR count). The Hall–Kier alpha value is -5.88. The Morgan fingerprint density at radius 2 is 1.16 bits per heavy atom. The molecule has 0 aliphatic heterocycles. The van der Waals surface area contributed by atoms with E-state index in [9.17, 15) is 80.6 Å². The minimum Gasteiger partial charge on any atom is -0.469 e. The van der Waals surface area contributed by atoms with Gasteiger partial charge in [0.15, 0.2) is 5.82 Å². The number of anilines is 1. The Bertz CT molecular complexity index is 3020. The molecule has 9 radical (unpaired) electrons.